The first kappa shape index (κ1) is 17.3. The topological polar surface area (TPSA) is 28.2 Å². The number of aromatic nitrogens is 1. The fourth-order valence-corrected chi connectivity index (χ4v) is 2.12. The summed E-state index contributed by atoms with van der Waals surface area (Å²) in [5, 5.41) is 3.04. The average molecular weight is 323 g/mol. The zero-order valence-corrected chi connectivity index (χ0v) is 13.2. The lowest BCUT2D eigenvalue weighted by Crippen LogP contribution is -2.16. The summed E-state index contributed by atoms with van der Waals surface area (Å²) in [5.74, 6) is 0.425. The van der Waals surface area contributed by atoms with Crippen LogP contribution >= 0.6 is 0 Å². The molecular formula is C17H20F3N3. The SMILES string of the molecule is CCN(C)Cc1cccc(CNc2ccc(C(F)(F)F)cn2)c1. The van der Waals surface area contributed by atoms with Gasteiger partial charge in [-0.2, -0.15) is 13.2 Å². The van der Waals surface area contributed by atoms with Gasteiger partial charge in [-0.15, -0.1) is 0 Å². The number of hydrogen-bond donors (Lipinski definition) is 1. The van der Waals surface area contributed by atoms with E-state index in [1.165, 1.54) is 11.6 Å². The molecule has 3 nitrogen and oxygen atoms in total. The van der Waals surface area contributed by atoms with Crippen LogP contribution in [-0.2, 0) is 19.3 Å². The molecular weight excluding hydrogens is 303 g/mol. The predicted molar refractivity (Wildman–Crippen MR) is 85.0 cm³/mol. The van der Waals surface area contributed by atoms with Gasteiger partial charge in [0.2, 0.25) is 0 Å². The van der Waals surface area contributed by atoms with Crippen molar-refractivity contribution in [3.8, 4) is 0 Å². The van der Waals surface area contributed by atoms with Crippen LogP contribution in [0.3, 0.4) is 0 Å². The first-order chi connectivity index (χ1) is 10.9. The Morgan fingerprint density at radius 2 is 1.87 bits per heavy atom. The second-order valence-corrected chi connectivity index (χ2v) is 5.43. The van der Waals surface area contributed by atoms with Gasteiger partial charge in [0.15, 0.2) is 0 Å². The van der Waals surface area contributed by atoms with Crippen molar-refractivity contribution in [2.45, 2.75) is 26.2 Å². The van der Waals surface area contributed by atoms with Gasteiger partial charge in [-0.3, -0.25) is 0 Å². The fraction of sp³-hybridized carbons (Fsp3) is 0.353. The molecule has 0 saturated carbocycles. The van der Waals surface area contributed by atoms with Crippen molar-refractivity contribution in [1.82, 2.24) is 9.88 Å². The van der Waals surface area contributed by atoms with E-state index in [4.69, 9.17) is 0 Å². The van der Waals surface area contributed by atoms with Crippen LogP contribution < -0.4 is 5.32 Å². The van der Waals surface area contributed by atoms with Gasteiger partial charge < -0.3 is 10.2 Å². The number of anilines is 1. The largest absolute Gasteiger partial charge is 0.417 e. The summed E-state index contributed by atoms with van der Waals surface area (Å²) >= 11 is 0. The molecule has 124 valence electrons. The molecule has 1 aromatic heterocycles. The van der Waals surface area contributed by atoms with Gasteiger partial charge in [-0.1, -0.05) is 31.2 Å². The summed E-state index contributed by atoms with van der Waals surface area (Å²) in [6.07, 6.45) is -3.51. The van der Waals surface area contributed by atoms with E-state index in [1.54, 1.807) is 0 Å². The van der Waals surface area contributed by atoms with Crippen LogP contribution in [0.1, 0.15) is 23.6 Å². The number of nitrogens with zero attached hydrogens (tertiary/aromatic N) is 2. The standard InChI is InChI=1S/C17H20F3N3/c1-3-23(2)12-14-6-4-5-13(9-14)10-21-16-8-7-15(11-22-16)17(18,19)20/h4-9,11H,3,10,12H2,1-2H3,(H,21,22). The van der Waals surface area contributed by atoms with Crippen molar-refractivity contribution in [2.75, 3.05) is 18.9 Å². The molecule has 6 heteroatoms. The summed E-state index contributed by atoms with van der Waals surface area (Å²) in [7, 11) is 2.05. The van der Waals surface area contributed by atoms with Crippen molar-refractivity contribution in [3.05, 3.63) is 59.3 Å². The lowest BCUT2D eigenvalue weighted by molar-refractivity contribution is -0.137. The second-order valence-electron chi connectivity index (χ2n) is 5.43. The van der Waals surface area contributed by atoms with E-state index in [-0.39, 0.29) is 0 Å². The monoisotopic (exact) mass is 323 g/mol. The summed E-state index contributed by atoms with van der Waals surface area (Å²) < 4.78 is 37.5. The normalized spacial score (nSPS) is 11.7. The highest BCUT2D eigenvalue weighted by molar-refractivity contribution is 5.37. The quantitative estimate of drug-likeness (QED) is 0.865. The minimum absolute atomic E-state index is 0.425. The lowest BCUT2D eigenvalue weighted by atomic mass is 10.1. The Bertz CT molecular complexity index is 624. The third kappa shape index (κ3) is 5.25. The van der Waals surface area contributed by atoms with E-state index in [0.717, 1.165) is 30.9 Å². The summed E-state index contributed by atoms with van der Waals surface area (Å²) in [4.78, 5) is 6.00. The molecule has 0 fully saturated rings. The molecule has 0 bridgehead atoms. The number of halogens is 3. The maximum Gasteiger partial charge on any atom is 0.417 e. The molecule has 1 heterocycles. The van der Waals surface area contributed by atoms with Crippen LogP contribution in [-0.4, -0.2) is 23.5 Å². The van der Waals surface area contributed by atoms with Crippen molar-refractivity contribution >= 4 is 5.82 Å². The van der Waals surface area contributed by atoms with Crippen LogP contribution in [0.15, 0.2) is 42.6 Å². The van der Waals surface area contributed by atoms with Crippen LogP contribution in [0.25, 0.3) is 0 Å². The van der Waals surface area contributed by atoms with Crippen LogP contribution in [0.5, 0.6) is 0 Å². The lowest BCUT2D eigenvalue weighted by Gasteiger charge is -2.14. The fourth-order valence-electron chi connectivity index (χ4n) is 2.12. The highest BCUT2D eigenvalue weighted by Gasteiger charge is 2.30. The number of hydrogen-bond acceptors (Lipinski definition) is 3. The second kappa shape index (κ2) is 7.46. The number of nitrogens with one attached hydrogen (secondary N) is 1. The zero-order valence-electron chi connectivity index (χ0n) is 13.2. The first-order valence-corrected chi connectivity index (χ1v) is 7.42. The molecule has 0 amide bonds. The predicted octanol–water partition coefficient (Wildman–Crippen LogP) is 4.16. The third-order valence-electron chi connectivity index (χ3n) is 3.55. The van der Waals surface area contributed by atoms with Crippen molar-refractivity contribution < 1.29 is 13.2 Å². The van der Waals surface area contributed by atoms with Gasteiger partial charge in [-0.05, 0) is 36.9 Å². The molecule has 2 aromatic rings. The average Bonchev–Trinajstić information content (AvgIpc) is 2.53. The van der Waals surface area contributed by atoms with Crippen molar-refractivity contribution in [3.63, 3.8) is 0 Å². The Morgan fingerprint density at radius 1 is 1.13 bits per heavy atom. The van der Waals surface area contributed by atoms with Crippen molar-refractivity contribution in [2.24, 2.45) is 0 Å². The van der Waals surface area contributed by atoms with E-state index in [9.17, 15) is 13.2 Å². The van der Waals surface area contributed by atoms with Crippen LogP contribution in [0.4, 0.5) is 19.0 Å². The summed E-state index contributed by atoms with van der Waals surface area (Å²) in [6, 6.07) is 10.5. The van der Waals surface area contributed by atoms with Gasteiger partial charge in [0, 0.05) is 19.3 Å². The number of pyridine rings is 1. The molecule has 1 aromatic carbocycles. The molecule has 0 atom stereocenters. The zero-order chi connectivity index (χ0) is 16.9. The minimum atomic E-state index is -4.36. The molecule has 0 aliphatic rings. The molecule has 1 N–H and O–H groups in total. The summed E-state index contributed by atoms with van der Waals surface area (Å²) in [5.41, 5.74) is 1.52. The van der Waals surface area contributed by atoms with E-state index in [1.807, 2.05) is 12.1 Å². The first-order valence-electron chi connectivity index (χ1n) is 7.42. The molecule has 0 aliphatic heterocycles. The summed E-state index contributed by atoms with van der Waals surface area (Å²) in [6.45, 7) is 4.45. The van der Waals surface area contributed by atoms with Gasteiger partial charge in [0.05, 0.1) is 5.56 Å². The number of benzene rings is 1. The Hall–Kier alpha value is -2.08. The number of alkyl halides is 3. The molecule has 23 heavy (non-hydrogen) atoms. The maximum absolute atomic E-state index is 12.5. The van der Waals surface area contributed by atoms with Gasteiger partial charge in [0.25, 0.3) is 0 Å². The molecule has 0 spiro atoms. The Morgan fingerprint density at radius 3 is 2.48 bits per heavy atom. The highest BCUT2D eigenvalue weighted by atomic mass is 19.4. The molecule has 0 saturated heterocycles. The highest BCUT2D eigenvalue weighted by Crippen LogP contribution is 2.28. The van der Waals surface area contributed by atoms with E-state index in [2.05, 4.69) is 41.3 Å². The van der Waals surface area contributed by atoms with E-state index in [0.29, 0.717) is 12.4 Å². The maximum atomic E-state index is 12.5. The van der Waals surface area contributed by atoms with Gasteiger partial charge >= 0.3 is 6.18 Å². The molecule has 2 rings (SSSR count). The van der Waals surface area contributed by atoms with E-state index < -0.39 is 11.7 Å². The van der Waals surface area contributed by atoms with Crippen molar-refractivity contribution in [1.29, 1.82) is 0 Å². The smallest absolute Gasteiger partial charge is 0.366 e. The van der Waals surface area contributed by atoms with Gasteiger partial charge in [-0.25, -0.2) is 4.98 Å². The van der Waals surface area contributed by atoms with Gasteiger partial charge in [0.1, 0.15) is 5.82 Å². The molecule has 0 aliphatic carbocycles. The minimum Gasteiger partial charge on any atom is -0.366 e. The van der Waals surface area contributed by atoms with E-state index >= 15 is 0 Å². The Kier molecular flexibility index (Phi) is 5.60. The number of rotatable bonds is 6. The molecule has 0 radical (unpaired) electrons. The molecule has 0 unspecified atom stereocenters. The van der Waals surface area contributed by atoms with Crippen LogP contribution in [0, 0.1) is 0 Å². The third-order valence-corrected chi connectivity index (χ3v) is 3.55. The van der Waals surface area contributed by atoms with Crippen LogP contribution in [0.2, 0.25) is 0 Å². The Balaban J connectivity index is 1.97. The Labute approximate surface area is 134 Å².